The number of hydrogen-bond acceptors (Lipinski definition) is 2. The number of carbonyl (C=O) groups excluding carboxylic acids is 2. The van der Waals surface area contributed by atoms with Gasteiger partial charge < -0.3 is 9.88 Å². The molecule has 0 saturated carbocycles. The van der Waals surface area contributed by atoms with E-state index in [1.54, 1.807) is 12.3 Å². The number of benzene rings is 1. The normalized spacial score (nSPS) is 11.5. The van der Waals surface area contributed by atoms with Crippen LogP contribution in [0.15, 0.2) is 36.5 Å². The topological polar surface area (TPSA) is 53.2 Å². The molecule has 0 unspecified atom stereocenters. The molecule has 28 heavy (non-hydrogen) atoms. The van der Waals surface area contributed by atoms with Crippen molar-refractivity contribution in [2.45, 2.75) is 65.7 Å². The maximum atomic E-state index is 12.9. The predicted molar refractivity (Wildman–Crippen MR) is 115 cm³/mol. The Kier molecular flexibility index (Phi) is 7.61. The van der Waals surface area contributed by atoms with Crippen LogP contribution in [-0.2, 0) is 5.41 Å². The number of ketones is 1. The van der Waals surface area contributed by atoms with E-state index in [0.29, 0.717) is 16.8 Å². The van der Waals surface area contributed by atoms with E-state index < -0.39 is 0 Å². The molecule has 4 heteroatoms. The van der Waals surface area contributed by atoms with Gasteiger partial charge in [-0.25, -0.2) is 0 Å². The summed E-state index contributed by atoms with van der Waals surface area (Å²) in [5, 5.41) is 0. The van der Waals surface area contributed by atoms with Gasteiger partial charge in [0.15, 0.2) is 5.78 Å². The van der Waals surface area contributed by atoms with E-state index in [9.17, 15) is 9.59 Å². The molecule has 0 saturated heterocycles. The number of hydrogen-bond donors (Lipinski definition) is 1. The monoisotopic (exact) mass is 382 g/mol. The van der Waals surface area contributed by atoms with Crippen molar-refractivity contribution in [1.29, 1.82) is 0 Å². The van der Waals surface area contributed by atoms with Crippen LogP contribution in [0.3, 0.4) is 0 Å². The first-order chi connectivity index (χ1) is 13.3. The van der Waals surface area contributed by atoms with Crippen molar-refractivity contribution in [3.8, 4) is 0 Å². The number of rotatable bonds is 9. The van der Waals surface area contributed by atoms with Gasteiger partial charge in [-0.2, -0.15) is 0 Å². The van der Waals surface area contributed by atoms with Crippen molar-refractivity contribution in [3.63, 3.8) is 0 Å². The maximum Gasteiger partial charge on any atom is 0.270 e. The number of carbonyl (C=O) groups is 2. The molecular weight excluding hydrogens is 348 g/mol. The van der Waals surface area contributed by atoms with Crippen LogP contribution >= 0.6 is 0 Å². The Morgan fingerprint density at radius 2 is 1.50 bits per heavy atom. The zero-order valence-corrected chi connectivity index (χ0v) is 18.0. The first kappa shape index (κ1) is 21.9. The maximum absolute atomic E-state index is 12.9. The Hall–Kier alpha value is -2.36. The fourth-order valence-electron chi connectivity index (χ4n) is 3.12. The largest absolute Gasteiger partial charge is 0.356 e. The number of aromatic amines is 1. The average Bonchev–Trinajstić information content (AvgIpc) is 3.16. The average molecular weight is 383 g/mol. The third kappa shape index (κ3) is 5.57. The molecule has 0 fully saturated rings. The van der Waals surface area contributed by atoms with Gasteiger partial charge in [-0.05, 0) is 29.9 Å². The van der Waals surface area contributed by atoms with Crippen LogP contribution in [-0.4, -0.2) is 34.7 Å². The smallest absolute Gasteiger partial charge is 0.270 e. The van der Waals surface area contributed by atoms with Crippen LogP contribution in [0.5, 0.6) is 0 Å². The molecule has 0 aliphatic carbocycles. The SMILES string of the molecule is CCCCN(CCCC)C(=O)c1cc(C(=O)c2ccc(C(C)(C)C)cc2)c[nH]1. The first-order valence-electron chi connectivity index (χ1n) is 10.4. The second-order valence-corrected chi connectivity index (χ2v) is 8.46. The van der Waals surface area contributed by atoms with E-state index in [1.807, 2.05) is 29.2 Å². The summed E-state index contributed by atoms with van der Waals surface area (Å²) >= 11 is 0. The van der Waals surface area contributed by atoms with Crippen molar-refractivity contribution in [3.05, 3.63) is 58.9 Å². The second kappa shape index (κ2) is 9.72. The molecule has 4 nitrogen and oxygen atoms in total. The van der Waals surface area contributed by atoms with Crippen molar-refractivity contribution in [2.75, 3.05) is 13.1 Å². The summed E-state index contributed by atoms with van der Waals surface area (Å²) in [6, 6.07) is 9.43. The Bertz CT molecular complexity index is 774. The zero-order chi connectivity index (χ0) is 20.7. The molecule has 2 rings (SSSR count). The van der Waals surface area contributed by atoms with Gasteiger partial charge in [-0.1, -0.05) is 71.7 Å². The van der Waals surface area contributed by atoms with E-state index in [1.165, 1.54) is 5.56 Å². The quantitative estimate of drug-likeness (QED) is 0.575. The number of nitrogens with one attached hydrogen (secondary N) is 1. The summed E-state index contributed by atoms with van der Waals surface area (Å²) in [6.07, 6.45) is 5.72. The van der Waals surface area contributed by atoms with Crippen LogP contribution < -0.4 is 0 Å². The van der Waals surface area contributed by atoms with Gasteiger partial charge >= 0.3 is 0 Å². The standard InChI is InChI=1S/C24H34N2O2/c1-6-8-14-26(15-9-7-2)23(28)21-16-19(17-25-21)22(27)18-10-12-20(13-11-18)24(3,4)5/h10-13,16-17,25H,6-9,14-15H2,1-5H3. The van der Waals surface area contributed by atoms with Gasteiger partial charge in [0, 0.05) is 30.4 Å². The van der Waals surface area contributed by atoms with Crippen molar-refractivity contribution in [2.24, 2.45) is 0 Å². The molecule has 1 heterocycles. The molecule has 0 radical (unpaired) electrons. The summed E-state index contributed by atoms with van der Waals surface area (Å²) in [4.78, 5) is 30.6. The molecule has 152 valence electrons. The second-order valence-electron chi connectivity index (χ2n) is 8.46. The highest BCUT2D eigenvalue weighted by atomic mass is 16.2. The van der Waals surface area contributed by atoms with E-state index in [2.05, 4.69) is 39.6 Å². The molecule has 0 bridgehead atoms. The summed E-state index contributed by atoms with van der Waals surface area (Å²) in [5.41, 5.74) is 2.89. The molecule has 0 atom stereocenters. The van der Waals surface area contributed by atoms with E-state index in [4.69, 9.17) is 0 Å². The fraction of sp³-hybridized carbons (Fsp3) is 0.500. The van der Waals surface area contributed by atoms with E-state index >= 15 is 0 Å². The number of unbranched alkanes of at least 4 members (excludes halogenated alkanes) is 2. The van der Waals surface area contributed by atoms with Crippen molar-refractivity contribution in [1.82, 2.24) is 9.88 Å². The van der Waals surface area contributed by atoms with Crippen LogP contribution in [0.2, 0.25) is 0 Å². The first-order valence-corrected chi connectivity index (χ1v) is 10.4. The lowest BCUT2D eigenvalue weighted by Crippen LogP contribution is -2.33. The van der Waals surface area contributed by atoms with Gasteiger partial charge in [-0.3, -0.25) is 9.59 Å². The Morgan fingerprint density at radius 3 is 2.00 bits per heavy atom. The van der Waals surface area contributed by atoms with Crippen molar-refractivity contribution < 1.29 is 9.59 Å². The fourth-order valence-corrected chi connectivity index (χ4v) is 3.12. The number of amides is 1. The molecule has 1 N–H and O–H groups in total. The lowest BCUT2D eigenvalue weighted by Gasteiger charge is -2.21. The Morgan fingerprint density at radius 1 is 0.929 bits per heavy atom. The molecule has 1 aromatic heterocycles. The Balaban J connectivity index is 2.15. The minimum atomic E-state index is -0.0653. The summed E-state index contributed by atoms with van der Waals surface area (Å²) < 4.78 is 0. The zero-order valence-electron chi connectivity index (χ0n) is 18.0. The highest BCUT2D eigenvalue weighted by Gasteiger charge is 2.20. The van der Waals surface area contributed by atoms with Gasteiger partial charge in [0.25, 0.3) is 5.91 Å². The predicted octanol–water partition coefficient (Wildman–Crippen LogP) is 5.59. The number of aromatic nitrogens is 1. The van der Waals surface area contributed by atoms with Gasteiger partial charge in [0.2, 0.25) is 0 Å². The number of nitrogens with zero attached hydrogens (tertiary/aromatic N) is 1. The molecule has 0 aliphatic rings. The minimum absolute atomic E-state index is 0.0240. The highest BCUT2D eigenvalue weighted by molar-refractivity contribution is 6.10. The Labute approximate surface area is 169 Å². The van der Waals surface area contributed by atoms with Crippen LogP contribution in [0.25, 0.3) is 0 Å². The third-order valence-electron chi connectivity index (χ3n) is 5.04. The molecule has 0 spiro atoms. The number of H-pyrrole nitrogens is 1. The summed E-state index contributed by atoms with van der Waals surface area (Å²) in [6.45, 7) is 12.2. The lowest BCUT2D eigenvalue weighted by atomic mass is 9.86. The molecule has 2 aromatic rings. The van der Waals surface area contributed by atoms with Gasteiger partial charge in [0.05, 0.1) is 0 Å². The third-order valence-corrected chi connectivity index (χ3v) is 5.04. The van der Waals surface area contributed by atoms with E-state index in [0.717, 1.165) is 38.8 Å². The van der Waals surface area contributed by atoms with Crippen LogP contribution in [0.4, 0.5) is 0 Å². The molecule has 0 aliphatic heterocycles. The molecule has 1 aromatic carbocycles. The van der Waals surface area contributed by atoms with Gasteiger partial charge in [0.1, 0.15) is 5.69 Å². The highest BCUT2D eigenvalue weighted by Crippen LogP contribution is 2.23. The van der Waals surface area contributed by atoms with Gasteiger partial charge in [-0.15, -0.1) is 0 Å². The van der Waals surface area contributed by atoms with Crippen LogP contribution in [0.1, 0.15) is 92.3 Å². The molecular formula is C24H34N2O2. The van der Waals surface area contributed by atoms with Crippen molar-refractivity contribution >= 4 is 11.7 Å². The lowest BCUT2D eigenvalue weighted by molar-refractivity contribution is 0.0746. The summed E-state index contributed by atoms with van der Waals surface area (Å²) in [7, 11) is 0. The van der Waals surface area contributed by atoms with E-state index in [-0.39, 0.29) is 17.1 Å². The summed E-state index contributed by atoms with van der Waals surface area (Å²) in [5.74, 6) is -0.0894. The van der Waals surface area contributed by atoms with Crippen LogP contribution in [0, 0.1) is 0 Å². The minimum Gasteiger partial charge on any atom is -0.356 e. The molecule has 1 amide bonds.